The first-order valence-electron chi connectivity index (χ1n) is 9.94. The van der Waals surface area contributed by atoms with Crippen LogP contribution in [0, 0.1) is 0 Å². The van der Waals surface area contributed by atoms with Crippen LogP contribution in [-0.2, 0) is 26.1 Å². The van der Waals surface area contributed by atoms with Crippen molar-refractivity contribution in [3.8, 4) is 0 Å². The Morgan fingerprint density at radius 3 is 1.42 bits per heavy atom. The van der Waals surface area contributed by atoms with Gasteiger partial charge in [-0.25, -0.2) is 0 Å². The van der Waals surface area contributed by atoms with E-state index in [4.69, 9.17) is 0 Å². The summed E-state index contributed by atoms with van der Waals surface area (Å²) in [5.74, 6) is -2.65. The molecule has 2 rings (SSSR count). The van der Waals surface area contributed by atoms with E-state index in [0.717, 1.165) is 24.0 Å². The topological polar surface area (TPSA) is 129 Å². The van der Waals surface area contributed by atoms with Crippen LogP contribution >= 0.6 is 0 Å². The van der Waals surface area contributed by atoms with Crippen molar-refractivity contribution < 1.29 is 36.3 Å². The van der Waals surface area contributed by atoms with Gasteiger partial charge in [0, 0.05) is 25.2 Å². The Hall–Kier alpha value is -2.67. The number of rotatable bonds is 6. The molecule has 31 heavy (non-hydrogen) atoms. The van der Waals surface area contributed by atoms with E-state index in [1.54, 1.807) is 0 Å². The molecule has 0 atom stereocenters. The molecule has 0 spiro atoms. The molecule has 2 aliphatic rings. The molecule has 0 aromatic heterocycles. The molecular formula is C22H30N4NiO4. The summed E-state index contributed by atoms with van der Waals surface area (Å²) < 4.78 is 0. The van der Waals surface area contributed by atoms with Crippen LogP contribution in [0.4, 0.5) is 0 Å². The van der Waals surface area contributed by atoms with Gasteiger partial charge in [-0.15, -0.1) is 0 Å². The number of hydrogen-bond acceptors (Lipinski definition) is 6. The number of carboxylic acid groups (broad SMARTS) is 2. The molecule has 0 radical (unpaired) electrons. The summed E-state index contributed by atoms with van der Waals surface area (Å²) in [5, 5.41) is 26.9. The van der Waals surface area contributed by atoms with Gasteiger partial charge in [0.25, 0.3) is 0 Å². The summed E-state index contributed by atoms with van der Waals surface area (Å²) in [4.78, 5) is 29.3. The van der Waals surface area contributed by atoms with E-state index in [1.807, 2.05) is 64.2 Å². The van der Waals surface area contributed by atoms with E-state index in [0.29, 0.717) is 13.1 Å². The second-order valence-corrected chi connectivity index (χ2v) is 7.34. The van der Waals surface area contributed by atoms with Crippen LogP contribution in [0.15, 0.2) is 57.6 Å². The number of amidine groups is 2. The largest absolute Gasteiger partial charge is 2.00 e. The van der Waals surface area contributed by atoms with Crippen LogP contribution in [0.2, 0.25) is 0 Å². The van der Waals surface area contributed by atoms with E-state index in [9.17, 15) is 19.8 Å². The zero-order valence-electron chi connectivity index (χ0n) is 18.3. The van der Waals surface area contributed by atoms with Gasteiger partial charge in [-0.2, -0.15) is 0 Å². The van der Waals surface area contributed by atoms with Crippen LogP contribution < -0.4 is 20.8 Å². The van der Waals surface area contributed by atoms with Crippen molar-refractivity contribution in [3.05, 3.63) is 47.6 Å². The number of aliphatic carboxylic acids is 2. The third kappa shape index (κ3) is 12.6. The second kappa shape index (κ2) is 15.2. The molecule has 0 fully saturated rings. The minimum Gasteiger partial charge on any atom is -0.542 e. The molecule has 8 nitrogen and oxygen atoms in total. The first-order chi connectivity index (χ1) is 14.2. The molecule has 0 aromatic rings. The van der Waals surface area contributed by atoms with E-state index in [1.165, 1.54) is 0 Å². The van der Waals surface area contributed by atoms with Crippen LogP contribution in [-0.4, -0.2) is 48.8 Å². The zero-order chi connectivity index (χ0) is 22.5. The van der Waals surface area contributed by atoms with Crippen LogP contribution in [0.5, 0.6) is 0 Å². The average molecular weight is 473 g/mol. The van der Waals surface area contributed by atoms with Crippen LogP contribution in [0.1, 0.15) is 40.5 Å². The summed E-state index contributed by atoms with van der Waals surface area (Å²) in [6.07, 6.45) is 13.6. The SMILES string of the molecule is CC(C)N=C(NCC1=CC=CC1)C(=O)[O-].CC(C)N=C(NCC1=CC=CC1)C(=O)[O-].[Ni+2]. The van der Waals surface area contributed by atoms with Gasteiger partial charge in [-0.05, 0) is 51.7 Å². The second-order valence-electron chi connectivity index (χ2n) is 7.34. The molecule has 172 valence electrons. The molecule has 0 aromatic carbocycles. The fourth-order valence-corrected chi connectivity index (χ4v) is 2.50. The molecule has 2 N–H and O–H groups in total. The Morgan fingerprint density at radius 2 is 1.19 bits per heavy atom. The van der Waals surface area contributed by atoms with Gasteiger partial charge in [0.15, 0.2) is 0 Å². The first-order valence-corrected chi connectivity index (χ1v) is 9.94. The predicted octanol–water partition coefficient (Wildman–Crippen LogP) is 0.0357. The molecule has 0 amide bonds. The average Bonchev–Trinajstić information content (AvgIpc) is 3.35. The Bertz CT molecular complexity index is 727. The van der Waals surface area contributed by atoms with Crippen molar-refractivity contribution >= 4 is 23.6 Å². The number of allylic oxidation sites excluding steroid dienone is 6. The van der Waals surface area contributed by atoms with E-state index < -0.39 is 11.9 Å². The van der Waals surface area contributed by atoms with Gasteiger partial charge in [0.2, 0.25) is 0 Å². The number of nitrogens with zero attached hydrogens (tertiary/aromatic N) is 2. The number of carbonyl (C=O) groups is 2. The third-order valence-electron chi connectivity index (χ3n) is 3.82. The van der Waals surface area contributed by atoms with Gasteiger partial charge in [0.05, 0.1) is 0 Å². The quantitative estimate of drug-likeness (QED) is 0.319. The van der Waals surface area contributed by atoms with Crippen molar-refractivity contribution in [2.45, 2.75) is 52.6 Å². The molecule has 0 saturated carbocycles. The monoisotopic (exact) mass is 472 g/mol. The molecule has 0 bridgehead atoms. The van der Waals surface area contributed by atoms with Crippen LogP contribution in [0.25, 0.3) is 0 Å². The van der Waals surface area contributed by atoms with Crippen molar-refractivity contribution in [1.82, 2.24) is 10.6 Å². The molecule has 0 unspecified atom stereocenters. The number of hydrogen-bond donors (Lipinski definition) is 2. The van der Waals surface area contributed by atoms with E-state index in [2.05, 4.69) is 20.6 Å². The Balaban J connectivity index is 0.000000562. The number of aliphatic imine (C=N–C) groups is 2. The van der Waals surface area contributed by atoms with Gasteiger partial charge in [0.1, 0.15) is 23.6 Å². The maximum atomic E-state index is 10.7. The summed E-state index contributed by atoms with van der Waals surface area (Å²) in [6.45, 7) is 8.29. The number of carboxylic acids is 2. The Morgan fingerprint density at radius 1 is 0.839 bits per heavy atom. The van der Waals surface area contributed by atoms with Gasteiger partial charge in [-0.3, -0.25) is 9.98 Å². The van der Waals surface area contributed by atoms with Crippen molar-refractivity contribution in [2.75, 3.05) is 13.1 Å². The Kier molecular flexibility index (Phi) is 13.9. The fraction of sp³-hybridized carbons (Fsp3) is 0.455. The summed E-state index contributed by atoms with van der Waals surface area (Å²) in [5.41, 5.74) is 2.29. The first kappa shape index (κ1) is 28.3. The molecule has 9 heteroatoms. The molecule has 0 aliphatic heterocycles. The number of carbonyl (C=O) groups excluding carboxylic acids is 2. The fourth-order valence-electron chi connectivity index (χ4n) is 2.50. The maximum absolute atomic E-state index is 10.7. The molecule has 0 saturated heterocycles. The van der Waals surface area contributed by atoms with Crippen LogP contribution in [0.3, 0.4) is 0 Å². The predicted molar refractivity (Wildman–Crippen MR) is 115 cm³/mol. The van der Waals surface area contributed by atoms with Crippen molar-refractivity contribution in [3.63, 3.8) is 0 Å². The van der Waals surface area contributed by atoms with Crippen molar-refractivity contribution in [2.24, 2.45) is 9.98 Å². The summed E-state index contributed by atoms with van der Waals surface area (Å²) >= 11 is 0. The standard InChI is InChI=1S/2C11H16N2O2.Ni/c2*1-8(2)13-10(11(14)15)12-7-9-5-3-4-6-9;/h2*3-5,8H,6-7H2,1-2H3,(H,12,13)(H,14,15);/q;;+2/p-2. The summed E-state index contributed by atoms with van der Waals surface area (Å²) in [7, 11) is 0. The number of nitrogens with one attached hydrogen (secondary N) is 2. The molecule has 2 aliphatic carbocycles. The van der Waals surface area contributed by atoms with Gasteiger partial charge >= 0.3 is 16.5 Å². The van der Waals surface area contributed by atoms with E-state index in [-0.39, 0.29) is 40.2 Å². The van der Waals surface area contributed by atoms with Gasteiger partial charge < -0.3 is 30.4 Å². The summed E-state index contributed by atoms with van der Waals surface area (Å²) in [6, 6.07) is -0.109. The van der Waals surface area contributed by atoms with Gasteiger partial charge in [-0.1, -0.05) is 36.5 Å². The smallest absolute Gasteiger partial charge is 0.542 e. The normalized spacial score (nSPS) is 15.2. The van der Waals surface area contributed by atoms with Crippen molar-refractivity contribution in [1.29, 1.82) is 0 Å². The third-order valence-corrected chi connectivity index (χ3v) is 3.82. The Labute approximate surface area is 193 Å². The van der Waals surface area contributed by atoms with E-state index >= 15 is 0 Å². The maximum Gasteiger partial charge on any atom is 2.00 e. The minimum atomic E-state index is -1.25. The zero-order valence-corrected chi connectivity index (χ0v) is 19.3. The molecule has 0 heterocycles. The molecular weight excluding hydrogens is 443 g/mol. The minimum absolute atomic E-state index is 0.